The Morgan fingerprint density at radius 3 is 2.86 bits per heavy atom. The van der Waals surface area contributed by atoms with Crippen molar-refractivity contribution in [2.24, 2.45) is 0 Å². The minimum absolute atomic E-state index is 0.103. The molecule has 2 rings (SSSR count). The Labute approximate surface area is 124 Å². The van der Waals surface area contributed by atoms with Gasteiger partial charge in [0.05, 0.1) is 25.6 Å². The molecule has 5 heteroatoms. The van der Waals surface area contributed by atoms with E-state index in [0.29, 0.717) is 12.8 Å². The van der Waals surface area contributed by atoms with E-state index in [1.807, 2.05) is 31.2 Å². The number of ether oxygens (including phenoxy) is 1. The Kier molecular flexibility index (Phi) is 4.59. The molecule has 1 fully saturated rings. The summed E-state index contributed by atoms with van der Waals surface area (Å²) in [5.41, 5.74) is 1.91. The first-order chi connectivity index (χ1) is 10.1. The molecule has 1 heterocycles. The van der Waals surface area contributed by atoms with Crippen LogP contribution in [-0.2, 0) is 14.3 Å². The number of likely N-dealkylation sites (tertiary alicyclic amines) is 1. The van der Waals surface area contributed by atoms with Crippen LogP contribution in [0.4, 0.5) is 0 Å². The van der Waals surface area contributed by atoms with Crippen LogP contribution in [0.1, 0.15) is 36.4 Å². The molecule has 1 saturated heterocycles. The number of nitriles is 1. The summed E-state index contributed by atoms with van der Waals surface area (Å²) in [6, 6.07) is 8.74. The number of amides is 1. The van der Waals surface area contributed by atoms with Gasteiger partial charge in [0.15, 0.2) is 0 Å². The standard InChI is InChI=1S/C16H18N2O3/c1-11-5-3-4-6-12(11)13(9-10-17)18-14(16(20)21-2)7-8-15(18)19/h3-6,13-14H,7-9H2,1-2H3. The van der Waals surface area contributed by atoms with Crippen molar-refractivity contribution in [1.29, 1.82) is 5.26 Å². The van der Waals surface area contributed by atoms with Crippen LogP contribution < -0.4 is 0 Å². The summed E-state index contributed by atoms with van der Waals surface area (Å²) in [6.07, 6.45) is 0.914. The van der Waals surface area contributed by atoms with Crippen molar-refractivity contribution >= 4 is 11.9 Å². The normalized spacial score (nSPS) is 19.2. The topological polar surface area (TPSA) is 70.4 Å². The molecule has 0 bridgehead atoms. The van der Waals surface area contributed by atoms with Crippen LogP contribution in [0, 0.1) is 18.3 Å². The van der Waals surface area contributed by atoms with Gasteiger partial charge in [0, 0.05) is 6.42 Å². The van der Waals surface area contributed by atoms with Gasteiger partial charge >= 0.3 is 5.97 Å². The summed E-state index contributed by atoms with van der Waals surface area (Å²) in [4.78, 5) is 25.6. The first-order valence-corrected chi connectivity index (χ1v) is 6.91. The van der Waals surface area contributed by atoms with Gasteiger partial charge in [-0.15, -0.1) is 0 Å². The Balaban J connectivity index is 2.41. The van der Waals surface area contributed by atoms with Gasteiger partial charge in [-0.25, -0.2) is 4.79 Å². The Bertz CT molecular complexity index is 591. The van der Waals surface area contributed by atoms with Crippen molar-refractivity contribution in [2.45, 2.75) is 38.3 Å². The van der Waals surface area contributed by atoms with Gasteiger partial charge < -0.3 is 9.64 Å². The third kappa shape index (κ3) is 2.89. The van der Waals surface area contributed by atoms with Gasteiger partial charge in [-0.05, 0) is 24.5 Å². The van der Waals surface area contributed by atoms with Crippen LogP contribution in [0.5, 0.6) is 0 Å². The summed E-state index contributed by atoms with van der Waals surface area (Å²) in [5.74, 6) is -0.522. The molecular formula is C16H18N2O3. The van der Waals surface area contributed by atoms with Crippen LogP contribution >= 0.6 is 0 Å². The van der Waals surface area contributed by atoms with E-state index in [-0.39, 0.29) is 12.3 Å². The van der Waals surface area contributed by atoms with Crippen molar-refractivity contribution in [2.75, 3.05) is 7.11 Å². The molecule has 21 heavy (non-hydrogen) atoms. The molecule has 2 atom stereocenters. The molecule has 1 aromatic carbocycles. The predicted molar refractivity (Wildman–Crippen MR) is 76.0 cm³/mol. The van der Waals surface area contributed by atoms with Gasteiger partial charge in [-0.2, -0.15) is 5.26 Å². The molecular weight excluding hydrogens is 268 g/mol. The third-order valence-electron chi connectivity index (χ3n) is 3.90. The Morgan fingerprint density at radius 1 is 1.52 bits per heavy atom. The number of carbonyl (C=O) groups is 2. The molecule has 0 saturated carbocycles. The molecule has 2 unspecified atom stereocenters. The lowest BCUT2D eigenvalue weighted by Crippen LogP contribution is -2.42. The quantitative estimate of drug-likeness (QED) is 0.795. The number of hydrogen-bond donors (Lipinski definition) is 0. The summed E-state index contributed by atoms with van der Waals surface area (Å²) in [7, 11) is 1.32. The number of hydrogen-bond acceptors (Lipinski definition) is 4. The van der Waals surface area contributed by atoms with E-state index < -0.39 is 18.1 Å². The highest BCUT2D eigenvalue weighted by Gasteiger charge is 2.41. The van der Waals surface area contributed by atoms with Crippen molar-refractivity contribution in [3.05, 3.63) is 35.4 Å². The summed E-state index contributed by atoms with van der Waals surface area (Å²) in [6.45, 7) is 1.94. The van der Waals surface area contributed by atoms with E-state index in [0.717, 1.165) is 11.1 Å². The number of esters is 1. The second-order valence-electron chi connectivity index (χ2n) is 5.11. The lowest BCUT2D eigenvalue weighted by molar-refractivity contribution is -0.150. The average Bonchev–Trinajstić information content (AvgIpc) is 2.86. The minimum atomic E-state index is -0.597. The van der Waals surface area contributed by atoms with Gasteiger partial charge in [0.25, 0.3) is 0 Å². The van der Waals surface area contributed by atoms with Crippen LogP contribution in [0.15, 0.2) is 24.3 Å². The summed E-state index contributed by atoms with van der Waals surface area (Å²) < 4.78 is 4.79. The van der Waals surface area contributed by atoms with Crippen molar-refractivity contribution in [3.8, 4) is 6.07 Å². The van der Waals surface area contributed by atoms with E-state index in [1.54, 1.807) is 0 Å². The average molecular weight is 286 g/mol. The second-order valence-corrected chi connectivity index (χ2v) is 5.11. The number of aryl methyl sites for hydroxylation is 1. The molecule has 1 aliphatic heterocycles. The Hall–Kier alpha value is -2.35. The fraction of sp³-hybridized carbons (Fsp3) is 0.438. The lowest BCUT2D eigenvalue weighted by atomic mass is 9.97. The fourth-order valence-electron chi connectivity index (χ4n) is 2.87. The zero-order chi connectivity index (χ0) is 15.4. The van der Waals surface area contributed by atoms with Crippen LogP contribution in [-0.4, -0.2) is 29.9 Å². The van der Waals surface area contributed by atoms with E-state index >= 15 is 0 Å². The number of nitrogens with zero attached hydrogens (tertiary/aromatic N) is 2. The molecule has 1 amide bonds. The lowest BCUT2D eigenvalue weighted by Gasteiger charge is -2.31. The zero-order valence-electron chi connectivity index (χ0n) is 12.2. The highest BCUT2D eigenvalue weighted by Crippen LogP contribution is 2.34. The molecule has 0 N–H and O–H groups in total. The number of methoxy groups -OCH3 is 1. The first kappa shape index (κ1) is 15.0. The molecule has 1 aliphatic rings. The minimum Gasteiger partial charge on any atom is -0.467 e. The molecule has 0 aliphatic carbocycles. The number of rotatable bonds is 4. The first-order valence-electron chi connectivity index (χ1n) is 6.91. The van der Waals surface area contributed by atoms with E-state index in [2.05, 4.69) is 6.07 Å². The monoisotopic (exact) mass is 286 g/mol. The van der Waals surface area contributed by atoms with Crippen LogP contribution in [0.3, 0.4) is 0 Å². The van der Waals surface area contributed by atoms with Crippen molar-refractivity contribution in [3.63, 3.8) is 0 Å². The zero-order valence-corrected chi connectivity index (χ0v) is 12.2. The molecule has 0 spiro atoms. The molecule has 5 nitrogen and oxygen atoms in total. The molecule has 0 aromatic heterocycles. The maximum Gasteiger partial charge on any atom is 0.328 e. The maximum atomic E-state index is 12.2. The number of carbonyl (C=O) groups excluding carboxylic acids is 2. The summed E-state index contributed by atoms with van der Waals surface area (Å²) in [5, 5.41) is 9.11. The van der Waals surface area contributed by atoms with Gasteiger partial charge in [-0.1, -0.05) is 24.3 Å². The number of benzene rings is 1. The molecule has 110 valence electrons. The Morgan fingerprint density at radius 2 is 2.24 bits per heavy atom. The van der Waals surface area contributed by atoms with Crippen LogP contribution in [0.2, 0.25) is 0 Å². The highest BCUT2D eigenvalue weighted by molar-refractivity contribution is 5.88. The summed E-state index contributed by atoms with van der Waals surface area (Å²) >= 11 is 0. The highest BCUT2D eigenvalue weighted by atomic mass is 16.5. The smallest absolute Gasteiger partial charge is 0.328 e. The predicted octanol–water partition coefficient (Wildman–Crippen LogP) is 2.11. The fourth-order valence-corrected chi connectivity index (χ4v) is 2.87. The van der Waals surface area contributed by atoms with Crippen molar-refractivity contribution in [1.82, 2.24) is 4.90 Å². The largest absolute Gasteiger partial charge is 0.467 e. The third-order valence-corrected chi connectivity index (χ3v) is 3.90. The maximum absolute atomic E-state index is 12.2. The van der Waals surface area contributed by atoms with Gasteiger partial charge in [0.1, 0.15) is 6.04 Å². The SMILES string of the molecule is COC(=O)C1CCC(=O)N1C(CC#N)c1ccccc1C. The van der Waals surface area contributed by atoms with Crippen LogP contribution in [0.25, 0.3) is 0 Å². The molecule has 0 radical (unpaired) electrons. The van der Waals surface area contributed by atoms with E-state index in [4.69, 9.17) is 10.00 Å². The van der Waals surface area contributed by atoms with E-state index in [9.17, 15) is 9.59 Å². The van der Waals surface area contributed by atoms with E-state index in [1.165, 1.54) is 12.0 Å². The molecule has 1 aromatic rings. The van der Waals surface area contributed by atoms with Gasteiger partial charge in [0.2, 0.25) is 5.91 Å². The van der Waals surface area contributed by atoms with Crippen molar-refractivity contribution < 1.29 is 14.3 Å². The van der Waals surface area contributed by atoms with Gasteiger partial charge in [-0.3, -0.25) is 4.79 Å². The second kappa shape index (κ2) is 6.40.